The van der Waals surface area contributed by atoms with Gasteiger partial charge in [0.15, 0.2) is 5.82 Å². The van der Waals surface area contributed by atoms with Crippen LogP contribution in [0.1, 0.15) is 18.1 Å². The summed E-state index contributed by atoms with van der Waals surface area (Å²) >= 11 is 4.48. The number of carbonyl (C=O) groups excluding carboxylic acids is 2. The second kappa shape index (κ2) is 9.26. The number of aromatic nitrogens is 3. The van der Waals surface area contributed by atoms with Crippen LogP contribution in [0.3, 0.4) is 0 Å². The predicted molar refractivity (Wildman–Crippen MR) is 143 cm³/mol. The van der Waals surface area contributed by atoms with Crippen molar-refractivity contribution in [1.29, 1.82) is 0 Å². The van der Waals surface area contributed by atoms with E-state index >= 15 is 0 Å². The van der Waals surface area contributed by atoms with E-state index in [0.717, 1.165) is 20.3 Å². The first-order valence-electron chi connectivity index (χ1n) is 11.4. The van der Waals surface area contributed by atoms with Crippen molar-refractivity contribution in [2.45, 2.75) is 13.5 Å². The average Bonchev–Trinajstić information content (AvgIpc) is 3.51. The third-order valence-electron chi connectivity index (χ3n) is 6.03. The van der Waals surface area contributed by atoms with Gasteiger partial charge in [0.1, 0.15) is 16.1 Å². The van der Waals surface area contributed by atoms with Crippen molar-refractivity contribution in [2.24, 2.45) is 0 Å². The monoisotopic (exact) mass is 590 g/mol. The fraction of sp³-hybridized carbons (Fsp3) is 0.0741. The first-order chi connectivity index (χ1) is 18.3. The Kier molecular flexibility index (Phi) is 5.88. The van der Waals surface area contributed by atoms with Crippen LogP contribution in [0.2, 0.25) is 0 Å². The van der Waals surface area contributed by atoms with E-state index in [1.54, 1.807) is 60.7 Å². The predicted octanol–water partition coefficient (Wildman–Crippen LogP) is 4.11. The topological polar surface area (TPSA) is 93.9 Å². The number of carbonyl (C=O) groups is 2. The lowest BCUT2D eigenvalue weighted by Gasteiger charge is -2.17. The second-order valence-corrected chi connectivity index (χ2v) is 10.4. The molecule has 0 bridgehead atoms. The zero-order valence-corrected chi connectivity index (χ0v) is 22.0. The maximum Gasteiger partial charge on any atom is 0.308 e. The van der Waals surface area contributed by atoms with Gasteiger partial charge in [-0.15, -0.1) is 5.10 Å². The Balaban J connectivity index is 1.50. The zero-order chi connectivity index (χ0) is 26.6. The minimum Gasteiger partial charge on any atom is -0.426 e. The number of rotatable bonds is 4. The van der Waals surface area contributed by atoms with E-state index in [1.165, 1.54) is 17.9 Å². The van der Waals surface area contributed by atoms with Crippen LogP contribution in [-0.4, -0.2) is 26.5 Å². The average molecular weight is 591 g/mol. The summed E-state index contributed by atoms with van der Waals surface area (Å²) in [7, 11) is 0. The number of ether oxygens (including phenoxy) is 1. The molecular formula is C27H16BrFN4O4S. The van der Waals surface area contributed by atoms with Gasteiger partial charge in [0.25, 0.3) is 11.5 Å². The molecule has 38 heavy (non-hydrogen) atoms. The highest BCUT2D eigenvalue weighted by molar-refractivity contribution is 9.10. The Bertz CT molecular complexity index is 1900. The van der Waals surface area contributed by atoms with Crippen molar-refractivity contribution in [2.75, 3.05) is 4.90 Å². The number of halogens is 2. The summed E-state index contributed by atoms with van der Waals surface area (Å²) in [5, 5.41) is 4.35. The quantitative estimate of drug-likeness (QED) is 0.231. The number of fused-ring (bicyclic) bond motifs is 2. The van der Waals surface area contributed by atoms with Gasteiger partial charge in [0, 0.05) is 22.5 Å². The number of benzene rings is 3. The highest BCUT2D eigenvalue weighted by Gasteiger charge is 2.35. The van der Waals surface area contributed by atoms with Crippen LogP contribution in [0.15, 0.2) is 76.0 Å². The summed E-state index contributed by atoms with van der Waals surface area (Å²) < 4.78 is 21.7. The van der Waals surface area contributed by atoms with Crippen molar-refractivity contribution in [3.63, 3.8) is 0 Å². The Morgan fingerprint density at radius 2 is 1.82 bits per heavy atom. The number of anilines is 1. The molecule has 1 amide bonds. The van der Waals surface area contributed by atoms with Gasteiger partial charge in [-0.1, -0.05) is 57.6 Å². The van der Waals surface area contributed by atoms with E-state index in [2.05, 4.69) is 26.0 Å². The van der Waals surface area contributed by atoms with Crippen LogP contribution in [0.25, 0.3) is 21.9 Å². The van der Waals surface area contributed by atoms with Crippen LogP contribution in [0, 0.1) is 5.82 Å². The second-order valence-electron chi connectivity index (χ2n) is 8.48. The Morgan fingerprint density at radius 1 is 1.05 bits per heavy atom. The van der Waals surface area contributed by atoms with Gasteiger partial charge in [-0.05, 0) is 36.4 Å². The van der Waals surface area contributed by atoms with Crippen molar-refractivity contribution in [3.05, 3.63) is 103 Å². The summed E-state index contributed by atoms with van der Waals surface area (Å²) in [6.45, 7) is 1.30. The van der Waals surface area contributed by atoms with Crippen molar-refractivity contribution >= 4 is 55.4 Å². The van der Waals surface area contributed by atoms with Crippen molar-refractivity contribution in [1.82, 2.24) is 14.6 Å². The van der Waals surface area contributed by atoms with E-state index in [9.17, 15) is 18.8 Å². The minimum atomic E-state index is -0.504. The Labute approximate surface area is 226 Å². The van der Waals surface area contributed by atoms with E-state index in [1.807, 2.05) is 0 Å². The molecule has 188 valence electrons. The minimum absolute atomic E-state index is 0.00959. The molecule has 0 atom stereocenters. The smallest absolute Gasteiger partial charge is 0.308 e. The van der Waals surface area contributed by atoms with Gasteiger partial charge in [-0.3, -0.25) is 14.4 Å². The van der Waals surface area contributed by atoms with Gasteiger partial charge < -0.3 is 9.64 Å². The van der Waals surface area contributed by atoms with E-state index in [0.29, 0.717) is 22.4 Å². The molecule has 0 saturated heterocycles. The highest BCUT2D eigenvalue weighted by atomic mass is 79.9. The molecule has 1 aliphatic heterocycles. The summed E-state index contributed by atoms with van der Waals surface area (Å²) in [6.07, 6.45) is 0. The van der Waals surface area contributed by atoms with Crippen LogP contribution in [-0.2, 0) is 16.1 Å². The van der Waals surface area contributed by atoms with E-state index in [-0.39, 0.29) is 33.2 Å². The lowest BCUT2D eigenvalue weighted by atomic mass is 10.1. The maximum atomic E-state index is 14.4. The summed E-state index contributed by atoms with van der Waals surface area (Å²) in [4.78, 5) is 44.9. The molecule has 0 aliphatic carbocycles. The first-order valence-corrected chi connectivity index (χ1v) is 13.0. The number of nitrogens with zero attached hydrogens (tertiary/aromatic N) is 4. The molecule has 5 aromatic rings. The molecule has 3 aromatic carbocycles. The molecule has 3 heterocycles. The molecule has 11 heteroatoms. The molecule has 0 unspecified atom stereocenters. The van der Waals surface area contributed by atoms with Crippen LogP contribution in [0.5, 0.6) is 5.75 Å². The highest BCUT2D eigenvalue weighted by Crippen LogP contribution is 2.38. The fourth-order valence-electron chi connectivity index (χ4n) is 4.37. The Hall–Kier alpha value is -4.22. The van der Waals surface area contributed by atoms with Gasteiger partial charge in [-0.2, -0.15) is 9.50 Å². The number of amides is 1. The SMILES string of the molecule is CC(=O)Oc1ccccc1-c1nc2s/c(=C3\C(=O)N(Cc4ccccc4F)c4ccc(Br)cc43)c(=O)n2n1. The maximum absolute atomic E-state index is 14.4. The van der Waals surface area contributed by atoms with Gasteiger partial charge in [-0.25, -0.2) is 4.39 Å². The zero-order valence-electron chi connectivity index (χ0n) is 19.6. The number of hydrogen-bond donors (Lipinski definition) is 0. The number of thiazole rings is 1. The summed E-state index contributed by atoms with van der Waals surface area (Å²) in [6, 6.07) is 18.3. The number of hydrogen-bond acceptors (Lipinski definition) is 7. The fourth-order valence-corrected chi connectivity index (χ4v) is 5.73. The molecule has 1 aliphatic rings. The molecule has 0 spiro atoms. The van der Waals surface area contributed by atoms with Crippen molar-refractivity contribution in [3.8, 4) is 17.1 Å². The molecular weight excluding hydrogens is 575 g/mol. The van der Waals surface area contributed by atoms with Gasteiger partial charge in [0.05, 0.1) is 23.4 Å². The summed E-state index contributed by atoms with van der Waals surface area (Å²) in [5.74, 6) is -0.843. The van der Waals surface area contributed by atoms with E-state index in [4.69, 9.17) is 4.74 Å². The van der Waals surface area contributed by atoms with Crippen LogP contribution in [0.4, 0.5) is 10.1 Å². The normalized spacial score (nSPS) is 14.3. The number of para-hydroxylation sites is 1. The molecule has 0 N–H and O–H groups in total. The molecule has 0 fully saturated rings. The molecule has 0 radical (unpaired) electrons. The first kappa shape index (κ1) is 24.1. The third-order valence-corrected chi connectivity index (χ3v) is 7.55. The Morgan fingerprint density at radius 3 is 2.58 bits per heavy atom. The molecule has 6 rings (SSSR count). The molecule has 0 saturated carbocycles. The van der Waals surface area contributed by atoms with E-state index < -0.39 is 23.3 Å². The largest absolute Gasteiger partial charge is 0.426 e. The van der Waals surface area contributed by atoms with Gasteiger partial charge in [0.2, 0.25) is 4.96 Å². The summed E-state index contributed by atoms with van der Waals surface area (Å²) in [5.41, 5.74) is 1.65. The number of esters is 1. The molecule has 8 nitrogen and oxygen atoms in total. The van der Waals surface area contributed by atoms with Crippen molar-refractivity contribution < 1.29 is 18.7 Å². The standard InChI is InChI=1S/C27H16BrFN4O4S/c1-14(34)37-21-9-5-3-7-17(21)24-30-27-33(31-24)26(36)23(38-27)22-18-12-16(28)10-11-20(18)32(25(22)35)13-15-6-2-4-8-19(15)29/h2-12H,13H2,1H3/b23-22-. The van der Waals surface area contributed by atoms with Gasteiger partial charge >= 0.3 is 5.97 Å². The van der Waals surface area contributed by atoms with Crippen LogP contribution >= 0.6 is 27.3 Å². The lowest BCUT2D eigenvalue weighted by Crippen LogP contribution is -2.32. The van der Waals surface area contributed by atoms with Crippen LogP contribution < -0.4 is 19.7 Å². The lowest BCUT2D eigenvalue weighted by molar-refractivity contribution is -0.131. The molecule has 2 aromatic heterocycles. The third kappa shape index (κ3) is 4.00.